The Morgan fingerprint density at radius 3 is 2.43 bits per heavy atom. The molecule has 1 heterocycles. The van der Waals surface area contributed by atoms with E-state index in [1.54, 1.807) is 18.2 Å². The number of aromatic amines is 1. The largest absolute Gasteiger partial charge is 0.286 e. The van der Waals surface area contributed by atoms with E-state index in [0.717, 1.165) is 12.3 Å². The molecule has 1 aromatic heterocycles. The second-order valence-corrected chi connectivity index (χ2v) is 8.78. The zero-order valence-corrected chi connectivity index (χ0v) is 14.2. The number of nitrogens with one attached hydrogen (secondary N) is 2. The lowest BCUT2D eigenvalue weighted by Gasteiger charge is -2.08. The molecule has 2 rings (SSSR count). The van der Waals surface area contributed by atoms with E-state index in [-0.39, 0.29) is 5.02 Å². The molecule has 0 unspecified atom stereocenters. The van der Waals surface area contributed by atoms with Crippen LogP contribution in [0.5, 0.6) is 0 Å². The molecule has 0 aliphatic carbocycles. The van der Waals surface area contributed by atoms with Crippen molar-refractivity contribution in [3.8, 4) is 0 Å². The van der Waals surface area contributed by atoms with Gasteiger partial charge in [-0.1, -0.05) is 29.8 Å². The third-order valence-electron chi connectivity index (χ3n) is 2.73. The average Bonchev–Trinajstić information content (AvgIpc) is 2.42. The lowest BCUT2D eigenvalue weighted by atomic mass is 10.2. The highest BCUT2D eigenvalue weighted by Crippen LogP contribution is 2.18. The number of H-pyrrole nitrogens is 1. The fraction of sp³-hybridized carbons (Fsp3) is 0.167. The van der Waals surface area contributed by atoms with Crippen LogP contribution >= 0.6 is 11.6 Å². The van der Waals surface area contributed by atoms with Crippen molar-refractivity contribution in [1.29, 1.82) is 0 Å². The Kier molecular flexibility index (Phi) is 4.78. The van der Waals surface area contributed by atoms with Crippen LogP contribution < -0.4 is 10.2 Å². The molecule has 0 saturated heterocycles. The maximum Gasteiger partial charge on any atom is 0.238 e. The van der Waals surface area contributed by atoms with Crippen LogP contribution in [0.25, 0.3) is 0 Å². The summed E-state index contributed by atoms with van der Waals surface area (Å²) in [5.41, 5.74) is -0.516. The predicted octanol–water partition coefficient (Wildman–Crippen LogP) is 0.769. The van der Waals surface area contributed by atoms with E-state index in [0.29, 0.717) is 5.56 Å². The standard InChI is InChI=1S/C12H12ClN3O5S2/c1-22(18,19)11-6-10(17)12(15-14-11)16-23(20,21)7-8-4-2-3-5-9(8)13/h2-6H,7H2,1H3,(H,14,17)(H,15,16). The highest BCUT2D eigenvalue weighted by molar-refractivity contribution is 7.92. The number of hydrogen-bond acceptors (Lipinski definition) is 6. The summed E-state index contributed by atoms with van der Waals surface area (Å²) >= 11 is 5.89. The molecular formula is C12H12ClN3O5S2. The van der Waals surface area contributed by atoms with Crippen LogP contribution in [0.1, 0.15) is 5.56 Å². The predicted molar refractivity (Wildman–Crippen MR) is 85.7 cm³/mol. The molecule has 2 N–H and O–H groups in total. The minimum atomic E-state index is -3.95. The number of aromatic nitrogens is 2. The van der Waals surface area contributed by atoms with Gasteiger partial charge < -0.3 is 0 Å². The molecule has 2 aromatic rings. The highest BCUT2D eigenvalue weighted by atomic mass is 35.5. The van der Waals surface area contributed by atoms with Crippen LogP contribution in [-0.4, -0.2) is 33.3 Å². The van der Waals surface area contributed by atoms with Gasteiger partial charge in [0, 0.05) is 17.3 Å². The summed E-state index contributed by atoms with van der Waals surface area (Å²) in [6.07, 6.45) is 0.890. The van der Waals surface area contributed by atoms with Gasteiger partial charge in [-0.15, -0.1) is 0 Å². The van der Waals surface area contributed by atoms with Crippen molar-refractivity contribution in [2.75, 3.05) is 11.0 Å². The second kappa shape index (κ2) is 6.30. The third-order valence-corrected chi connectivity index (χ3v) is 5.30. The molecule has 0 atom stereocenters. The molecule has 124 valence electrons. The summed E-state index contributed by atoms with van der Waals surface area (Å²) in [7, 11) is -7.60. The van der Waals surface area contributed by atoms with E-state index < -0.39 is 41.9 Å². The zero-order valence-electron chi connectivity index (χ0n) is 11.8. The Hall–Kier alpha value is -1.91. The first kappa shape index (κ1) is 17.4. The van der Waals surface area contributed by atoms with Crippen molar-refractivity contribution in [1.82, 2.24) is 10.2 Å². The van der Waals surface area contributed by atoms with Gasteiger partial charge in [0.25, 0.3) is 0 Å². The van der Waals surface area contributed by atoms with Crippen LogP contribution in [0, 0.1) is 0 Å². The molecule has 0 aliphatic rings. The van der Waals surface area contributed by atoms with Crippen molar-refractivity contribution in [2.45, 2.75) is 10.8 Å². The smallest absolute Gasteiger partial charge is 0.238 e. The number of halogens is 1. The third kappa shape index (κ3) is 4.53. The van der Waals surface area contributed by atoms with E-state index in [2.05, 4.69) is 10.2 Å². The quantitative estimate of drug-likeness (QED) is 0.792. The summed E-state index contributed by atoms with van der Waals surface area (Å²) in [5.74, 6) is -0.980. The fourth-order valence-electron chi connectivity index (χ4n) is 1.65. The van der Waals surface area contributed by atoms with Gasteiger partial charge >= 0.3 is 0 Å². The Balaban J connectivity index is 2.28. The van der Waals surface area contributed by atoms with Crippen molar-refractivity contribution in [2.24, 2.45) is 0 Å². The van der Waals surface area contributed by atoms with Gasteiger partial charge in [0.05, 0.1) is 5.75 Å². The van der Waals surface area contributed by atoms with E-state index in [1.807, 2.05) is 4.72 Å². The Morgan fingerprint density at radius 1 is 1.22 bits per heavy atom. The van der Waals surface area contributed by atoms with Gasteiger partial charge in [0.15, 0.2) is 14.9 Å². The molecule has 0 bridgehead atoms. The Morgan fingerprint density at radius 2 is 1.87 bits per heavy atom. The Bertz CT molecular complexity index is 999. The Labute approximate surface area is 137 Å². The summed E-state index contributed by atoms with van der Waals surface area (Å²) in [6.45, 7) is 0. The number of hydrogen-bond donors (Lipinski definition) is 2. The minimum Gasteiger partial charge on any atom is -0.286 e. The molecule has 0 amide bonds. The second-order valence-electron chi connectivity index (χ2n) is 4.67. The molecule has 23 heavy (non-hydrogen) atoms. The van der Waals surface area contributed by atoms with Crippen LogP contribution in [0.4, 0.5) is 5.82 Å². The van der Waals surface area contributed by atoms with Crippen LogP contribution in [-0.2, 0) is 25.6 Å². The number of anilines is 1. The van der Waals surface area contributed by atoms with E-state index >= 15 is 0 Å². The maximum atomic E-state index is 12.1. The summed E-state index contributed by atoms with van der Waals surface area (Å²) in [4.78, 5) is 11.8. The van der Waals surface area contributed by atoms with Gasteiger partial charge in [0.1, 0.15) is 0 Å². The van der Waals surface area contributed by atoms with Crippen molar-refractivity contribution in [3.05, 3.63) is 51.1 Å². The van der Waals surface area contributed by atoms with Gasteiger partial charge in [-0.05, 0) is 11.6 Å². The highest BCUT2D eigenvalue weighted by Gasteiger charge is 2.18. The van der Waals surface area contributed by atoms with Crippen LogP contribution in [0.2, 0.25) is 5.02 Å². The van der Waals surface area contributed by atoms with Crippen molar-refractivity contribution in [3.63, 3.8) is 0 Å². The number of rotatable bonds is 5. The molecule has 0 fully saturated rings. The van der Waals surface area contributed by atoms with Gasteiger partial charge in [0.2, 0.25) is 21.3 Å². The molecule has 0 saturated carbocycles. The molecule has 8 nitrogen and oxygen atoms in total. The topological polar surface area (TPSA) is 126 Å². The monoisotopic (exact) mass is 377 g/mol. The van der Waals surface area contributed by atoms with Gasteiger partial charge in [-0.25, -0.2) is 16.8 Å². The van der Waals surface area contributed by atoms with Crippen LogP contribution in [0.3, 0.4) is 0 Å². The fourth-order valence-corrected chi connectivity index (χ4v) is 3.64. The first-order chi connectivity index (χ1) is 10.6. The first-order valence-electron chi connectivity index (χ1n) is 6.12. The lowest BCUT2D eigenvalue weighted by molar-refractivity contribution is 0.596. The van der Waals surface area contributed by atoms with E-state index in [4.69, 9.17) is 11.6 Å². The minimum absolute atomic E-state index is 0.271. The first-order valence-corrected chi connectivity index (χ1v) is 10.0. The molecule has 11 heteroatoms. The van der Waals surface area contributed by atoms with E-state index in [9.17, 15) is 21.6 Å². The molecule has 0 radical (unpaired) electrons. The SMILES string of the molecule is CS(=O)(=O)c1cc(=O)c(NS(=O)(=O)Cc2ccccc2Cl)n[nH]1. The molecule has 0 aliphatic heterocycles. The molecule has 0 spiro atoms. The summed E-state index contributed by atoms with van der Waals surface area (Å²) in [5, 5.41) is 5.44. The zero-order chi connectivity index (χ0) is 17.3. The van der Waals surface area contributed by atoms with Crippen LogP contribution in [0.15, 0.2) is 40.2 Å². The summed E-state index contributed by atoms with van der Waals surface area (Å²) < 4.78 is 48.7. The van der Waals surface area contributed by atoms with Crippen molar-refractivity contribution >= 4 is 37.3 Å². The lowest BCUT2D eigenvalue weighted by Crippen LogP contribution is -2.23. The normalized spacial score (nSPS) is 12.1. The van der Waals surface area contributed by atoms with Crippen molar-refractivity contribution < 1.29 is 16.8 Å². The number of sulfonamides is 1. The maximum absolute atomic E-state index is 12.1. The van der Waals surface area contributed by atoms with E-state index in [1.165, 1.54) is 6.07 Å². The molecule has 1 aromatic carbocycles. The number of sulfone groups is 1. The van der Waals surface area contributed by atoms with Gasteiger partial charge in [-0.3, -0.25) is 14.6 Å². The number of nitrogens with zero attached hydrogens (tertiary/aromatic N) is 1. The van der Waals surface area contributed by atoms with Gasteiger partial charge in [-0.2, -0.15) is 5.10 Å². The average molecular weight is 378 g/mol. The molecular weight excluding hydrogens is 366 g/mol. The summed E-state index contributed by atoms with van der Waals surface area (Å²) in [6, 6.07) is 7.12. The number of benzene rings is 1.